The highest BCUT2D eigenvalue weighted by molar-refractivity contribution is 7.09. The summed E-state index contributed by atoms with van der Waals surface area (Å²) in [7, 11) is 0. The molecule has 8 heteroatoms. The highest BCUT2D eigenvalue weighted by Crippen LogP contribution is 2.21. The molecule has 1 saturated heterocycles. The highest BCUT2D eigenvalue weighted by atomic mass is 32.1. The van der Waals surface area contributed by atoms with Gasteiger partial charge in [0.15, 0.2) is 0 Å². The molecule has 0 aliphatic carbocycles. The average Bonchev–Trinajstić information content (AvgIpc) is 3.36. The number of carbonyl (C=O) groups excluding carboxylic acids is 3. The van der Waals surface area contributed by atoms with E-state index in [9.17, 15) is 14.4 Å². The Hall–Kier alpha value is -3.52. The Kier molecular flexibility index (Phi) is 6.37. The number of rotatable bonds is 8. The van der Waals surface area contributed by atoms with Gasteiger partial charge in [0.1, 0.15) is 6.04 Å². The van der Waals surface area contributed by atoms with Crippen LogP contribution in [-0.2, 0) is 22.6 Å². The maximum Gasteiger partial charge on any atom is 0.325 e. The third-order valence-electron chi connectivity index (χ3n) is 4.96. The molecule has 1 aromatic heterocycles. The topological polar surface area (TPSA) is 91.4 Å². The normalized spacial score (nSPS) is 15.7. The van der Waals surface area contributed by atoms with E-state index in [1.807, 2.05) is 66.0 Å². The van der Waals surface area contributed by atoms with Crippen molar-refractivity contribution in [1.82, 2.24) is 20.5 Å². The molecule has 2 aromatic carbocycles. The van der Waals surface area contributed by atoms with Gasteiger partial charge in [-0.15, -0.1) is 11.3 Å². The number of nitrogens with one attached hydrogen (secondary N) is 2. The van der Waals surface area contributed by atoms with Crippen molar-refractivity contribution in [2.75, 3.05) is 6.54 Å². The number of nitrogens with zero attached hydrogens (tertiary/aromatic N) is 2. The van der Waals surface area contributed by atoms with Gasteiger partial charge in [0.2, 0.25) is 5.91 Å². The fourth-order valence-electron chi connectivity index (χ4n) is 3.36. The van der Waals surface area contributed by atoms with Crippen molar-refractivity contribution in [2.45, 2.75) is 25.4 Å². The van der Waals surface area contributed by atoms with E-state index in [-0.39, 0.29) is 24.8 Å². The van der Waals surface area contributed by atoms with Gasteiger partial charge < -0.3 is 10.6 Å². The summed E-state index contributed by atoms with van der Waals surface area (Å²) < 4.78 is 0. The van der Waals surface area contributed by atoms with Crippen LogP contribution in [0.3, 0.4) is 0 Å². The number of hydrogen-bond donors (Lipinski definition) is 2. The molecule has 1 fully saturated rings. The molecule has 158 valence electrons. The number of carbonyl (C=O) groups is 3. The first-order valence-electron chi connectivity index (χ1n) is 10.0. The van der Waals surface area contributed by atoms with E-state index in [2.05, 4.69) is 15.6 Å². The lowest BCUT2D eigenvalue weighted by molar-refractivity contribution is -0.131. The lowest BCUT2D eigenvalue weighted by Crippen LogP contribution is -2.37. The number of hydrogen-bond acceptors (Lipinski definition) is 5. The molecule has 0 spiro atoms. The molecule has 4 rings (SSSR count). The molecule has 1 aliphatic rings. The smallest absolute Gasteiger partial charge is 0.325 e. The summed E-state index contributed by atoms with van der Waals surface area (Å²) in [6, 6.07) is 17.9. The molecular weight excluding hydrogens is 412 g/mol. The molecular formula is C23H22N4O3S. The lowest BCUT2D eigenvalue weighted by atomic mass is 10.1. The van der Waals surface area contributed by atoms with Crippen LogP contribution in [0.2, 0.25) is 0 Å². The van der Waals surface area contributed by atoms with E-state index in [1.54, 1.807) is 11.3 Å². The minimum atomic E-state index is -0.833. The molecule has 3 aromatic rings. The number of benzene rings is 2. The van der Waals surface area contributed by atoms with Crippen molar-refractivity contribution >= 4 is 29.2 Å². The summed E-state index contributed by atoms with van der Waals surface area (Å²) in [6.45, 7) is 0.612. The van der Waals surface area contributed by atoms with Gasteiger partial charge in [0, 0.05) is 23.9 Å². The molecule has 4 amide bonds. The number of thiazole rings is 1. The second-order valence-electron chi connectivity index (χ2n) is 7.21. The average molecular weight is 435 g/mol. The Balaban J connectivity index is 1.24. The van der Waals surface area contributed by atoms with Crippen LogP contribution in [0.5, 0.6) is 0 Å². The summed E-state index contributed by atoms with van der Waals surface area (Å²) in [5.74, 6) is -0.656. The van der Waals surface area contributed by atoms with Crippen LogP contribution in [0.1, 0.15) is 17.0 Å². The van der Waals surface area contributed by atoms with Crippen LogP contribution in [0.15, 0.2) is 66.0 Å². The summed E-state index contributed by atoms with van der Waals surface area (Å²) >= 11 is 1.55. The molecule has 0 unspecified atom stereocenters. The molecule has 0 bridgehead atoms. The number of imide groups is 1. The van der Waals surface area contributed by atoms with E-state index in [0.29, 0.717) is 13.0 Å². The fourth-order valence-corrected chi connectivity index (χ4v) is 4.17. The zero-order chi connectivity index (χ0) is 21.6. The Labute approximate surface area is 184 Å². The first-order chi connectivity index (χ1) is 15.1. The number of aromatic nitrogens is 1. The standard InChI is InChI=1S/C23H22N4O3S/c28-20(24-12-11-21-25-19(15-31-21)17-9-5-2-6-10-17)13-18-22(29)27(23(30)26-18)14-16-7-3-1-4-8-16/h1-10,15,18H,11-14H2,(H,24,28)(H,26,30)/t18-/m1/s1. The Bertz CT molecular complexity index is 1070. The van der Waals surface area contributed by atoms with Crippen LogP contribution in [0.4, 0.5) is 4.79 Å². The SMILES string of the molecule is O=C(C[C@H]1NC(=O)N(Cc2ccccc2)C1=O)NCCc1nc(-c2ccccc2)cs1. The van der Waals surface area contributed by atoms with Crippen molar-refractivity contribution in [3.05, 3.63) is 76.6 Å². The van der Waals surface area contributed by atoms with E-state index >= 15 is 0 Å². The Morgan fingerprint density at radius 3 is 2.52 bits per heavy atom. The number of urea groups is 1. The van der Waals surface area contributed by atoms with Gasteiger partial charge in [-0.25, -0.2) is 9.78 Å². The van der Waals surface area contributed by atoms with E-state index < -0.39 is 12.1 Å². The van der Waals surface area contributed by atoms with Crippen LogP contribution < -0.4 is 10.6 Å². The number of amides is 4. The van der Waals surface area contributed by atoms with Crippen molar-refractivity contribution in [2.24, 2.45) is 0 Å². The molecule has 7 nitrogen and oxygen atoms in total. The molecule has 2 heterocycles. The van der Waals surface area contributed by atoms with Gasteiger partial charge in [-0.3, -0.25) is 14.5 Å². The van der Waals surface area contributed by atoms with Gasteiger partial charge in [-0.2, -0.15) is 0 Å². The predicted molar refractivity (Wildman–Crippen MR) is 118 cm³/mol. The fraction of sp³-hybridized carbons (Fsp3) is 0.217. The third kappa shape index (κ3) is 5.16. The van der Waals surface area contributed by atoms with Crippen molar-refractivity contribution in [1.29, 1.82) is 0 Å². The first-order valence-corrected chi connectivity index (χ1v) is 10.9. The van der Waals surface area contributed by atoms with E-state index in [4.69, 9.17) is 0 Å². The molecule has 1 aliphatic heterocycles. The molecule has 2 N–H and O–H groups in total. The molecule has 0 radical (unpaired) electrons. The zero-order valence-corrected chi connectivity index (χ0v) is 17.6. The summed E-state index contributed by atoms with van der Waals surface area (Å²) in [4.78, 5) is 42.7. The third-order valence-corrected chi connectivity index (χ3v) is 5.87. The lowest BCUT2D eigenvalue weighted by Gasteiger charge is -2.13. The zero-order valence-electron chi connectivity index (χ0n) is 16.8. The van der Waals surface area contributed by atoms with Gasteiger partial charge in [0.25, 0.3) is 5.91 Å². The maximum atomic E-state index is 12.5. The second-order valence-corrected chi connectivity index (χ2v) is 8.15. The van der Waals surface area contributed by atoms with Crippen molar-refractivity contribution in [3.8, 4) is 11.3 Å². The monoisotopic (exact) mass is 434 g/mol. The van der Waals surface area contributed by atoms with Crippen LogP contribution >= 0.6 is 11.3 Å². The van der Waals surface area contributed by atoms with Crippen LogP contribution in [0, 0.1) is 0 Å². The summed E-state index contributed by atoms with van der Waals surface area (Å²) in [5, 5.41) is 8.34. The predicted octanol–water partition coefficient (Wildman–Crippen LogP) is 2.98. The van der Waals surface area contributed by atoms with E-state index in [0.717, 1.165) is 26.7 Å². The Morgan fingerprint density at radius 2 is 1.77 bits per heavy atom. The van der Waals surface area contributed by atoms with Crippen LogP contribution in [0.25, 0.3) is 11.3 Å². The first kappa shape index (κ1) is 20.7. The van der Waals surface area contributed by atoms with Crippen LogP contribution in [-0.4, -0.2) is 40.3 Å². The molecule has 1 atom stereocenters. The molecule has 0 saturated carbocycles. The summed E-state index contributed by atoms with van der Waals surface area (Å²) in [5.41, 5.74) is 2.84. The minimum Gasteiger partial charge on any atom is -0.356 e. The van der Waals surface area contributed by atoms with Gasteiger partial charge in [0.05, 0.1) is 23.7 Å². The largest absolute Gasteiger partial charge is 0.356 e. The second kappa shape index (κ2) is 9.53. The van der Waals surface area contributed by atoms with Crippen molar-refractivity contribution < 1.29 is 14.4 Å². The van der Waals surface area contributed by atoms with Gasteiger partial charge >= 0.3 is 6.03 Å². The highest BCUT2D eigenvalue weighted by Gasteiger charge is 2.38. The van der Waals surface area contributed by atoms with Gasteiger partial charge in [-0.05, 0) is 5.56 Å². The molecule has 31 heavy (non-hydrogen) atoms. The van der Waals surface area contributed by atoms with Gasteiger partial charge in [-0.1, -0.05) is 60.7 Å². The minimum absolute atomic E-state index is 0.0804. The maximum absolute atomic E-state index is 12.5. The quantitative estimate of drug-likeness (QED) is 0.533. The summed E-state index contributed by atoms with van der Waals surface area (Å²) in [6.07, 6.45) is 0.525. The van der Waals surface area contributed by atoms with Crippen molar-refractivity contribution in [3.63, 3.8) is 0 Å². The Morgan fingerprint density at radius 1 is 1.06 bits per heavy atom. The van der Waals surface area contributed by atoms with E-state index in [1.165, 1.54) is 0 Å².